The minimum atomic E-state index is -3.11. The predicted octanol–water partition coefficient (Wildman–Crippen LogP) is 13.9. The summed E-state index contributed by atoms with van der Waals surface area (Å²) in [5.74, 6) is 0.687. The van der Waals surface area contributed by atoms with Gasteiger partial charge in [-0.2, -0.15) is 0 Å². The van der Waals surface area contributed by atoms with Gasteiger partial charge in [-0.25, -0.2) is 9.97 Å². The molecule has 8 aromatic carbocycles. The Balaban J connectivity index is 1.07. The summed E-state index contributed by atoms with van der Waals surface area (Å²) < 4.78 is 21.7. The molecule has 0 amide bonds. The molecular formula is C57H41N2O2P. The van der Waals surface area contributed by atoms with Crippen LogP contribution in [0.5, 0.6) is 0 Å². The van der Waals surface area contributed by atoms with Crippen molar-refractivity contribution in [1.82, 2.24) is 9.97 Å². The number of fused-ring (bicyclic) bond motifs is 3. The van der Waals surface area contributed by atoms with E-state index in [1.54, 1.807) is 0 Å². The topological polar surface area (TPSA) is 56.0 Å². The fourth-order valence-electron chi connectivity index (χ4n) is 8.25. The van der Waals surface area contributed by atoms with E-state index in [9.17, 15) is 0 Å². The lowest BCUT2D eigenvalue weighted by Crippen LogP contribution is -2.24. The summed E-state index contributed by atoms with van der Waals surface area (Å²) in [5, 5.41) is 4.48. The Kier molecular flexibility index (Phi) is 10.4. The van der Waals surface area contributed by atoms with Crippen LogP contribution >= 0.6 is 7.14 Å². The molecule has 5 heteroatoms. The minimum Gasteiger partial charge on any atom is -0.456 e. The first-order valence-electron chi connectivity index (χ1n) is 20.8. The van der Waals surface area contributed by atoms with Gasteiger partial charge >= 0.3 is 0 Å². The molecule has 296 valence electrons. The molecule has 0 unspecified atom stereocenters. The summed E-state index contributed by atoms with van der Waals surface area (Å²) >= 11 is 0. The Morgan fingerprint density at radius 1 is 0.452 bits per heavy atom. The number of hydrogen-bond donors (Lipinski definition) is 0. The molecule has 4 nitrogen and oxygen atoms in total. The summed E-state index contributed by atoms with van der Waals surface area (Å²) in [7, 11) is -3.11. The molecule has 0 fully saturated rings. The lowest BCUT2D eigenvalue weighted by molar-refractivity contribution is 0.592. The number of rotatable bonds is 10. The molecule has 2 heterocycles. The van der Waals surface area contributed by atoms with Crippen LogP contribution in [-0.2, 0) is 4.57 Å². The van der Waals surface area contributed by atoms with Crippen molar-refractivity contribution in [3.63, 3.8) is 0 Å². The Morgan fingerprint density at radius 2 is 0.968 bits per heavy atom. The molecule has 0 bridgehead atoms. The number of nitrogens with zero attached hydrogens (tertiary/aromatic N) is 2. The highest BCUT2D eigenvalue weighted by Gasteiger charge is 2.29. The van der Waals surface area contributed by atoms with Gasteiger partial charge in [0.15, 0.2) is 13.0 Å². The zero-order valence-electron chi connectivity index (χ0n) is 34.1. The van der Waals surface area contributed by atoms with Crippen molar-refractivity contribution in [2.45, 2.75) is 6.92 Å². The molecule has 0 aliphatic rings. The Labute approximate surface area is 361 Å². The standard InChI is InChI=1S/C57H41N2O2P/c1-2-3-8-22-45-37-55-51(38-50(45)41-29-31-43(32-30-41)53-39-52(42-18-9-4-10-19-42)58-57(59-53)44-20-11-5-12-21-44)56-49(27-17-28-54(56)61-55)40-33-35-48(36-34-40)62(60,46-23-13-6-14-24-46)47-25-15-7-16-26-47/h2-39H,1H3/b3-2-,22-8-. The molecular weight excluding hydrogens is 776 g/mol. The molecule has 10 rings (SSSR count). The fourth-order valence-corrected chi connectivity index (χ4v) is 10.9. The highest BCUT2D eigenvalue weighted by molar-refractivity contribution is 7.85. The number of benzene rings is 8. The first-order valence-corrected chi connectivity index (χ1v) is 22.5. The molecule has 0 spiro atoms. The van der Waals surface area contributed by atoms with Gasteiger partial charge in [-0.15, -0.1) is 0 Å². The molecule has 0 atom stereocenters. The molecule has 2 aromatic heterocycles. The zero-order chi connectivity index (χ0) is 41.9. The van der Waals surface area contributed by atoms with Crippen LogP contribution in [0.3, 0.4) is 0 Å². The van der Waals surface area contributed by atoms with Crippen molar-refractivity contribution >= 4 is 51.1 Å². The van der Waals surface area contributed by atoms with Crippen LogP contribution in [0.1, 0.15) is 12.5 Å². The molecule has 0 saturated carbocycles. The maximum atomic E-state index is 15.1. The van der Waals surface area contributed by atoms with Crippen molar-refractivity contribution in [3.05, 3.63) is 230 Å². The number of furan rings is 1. The first-order chi connectivity index (χ1) is 30.6. The summed E-state index contributed by atoms with van der Waals surface area (Å²) in [5.41, 5.74) is 11.6. The van der Waals surface area contributed by atoms with E-state index in [-0.39, 0.29) is 0 Å². The largest absolute Gasteiger partial charge is 0.456 e. The van der Waals surface area contributed by atoms with Gasteiger partial charge in [0.1, 0.15) is 11.2 Å². The van der Waals surface area contributed by atoms with Gasteiger partial charge in [0, 0.05) is 43.4 Å². The van der Waals surface area contributed by atoms with E-state index < -0.39 is 7.14 Å². The third kappa shape index (κ3) is 7.32. The molecule has 10 aromatic rings. The van der Waals surface area contributed by atoms with Gasteiger partial charge in [0.2, 0.25) is 0 Å². The minimum absolute atomic E-state index is 0.687. The van der Waals surface area contributed by atoms with Crippen LogP contribution in [0.15, 0.2) is 229 Å². The maximum Gasteiger partial charge on any atom is 0.171 e. The van der Waals surface area contributed by atoms with Gasteiger partial charge in [0.05, 0.1) is 11.4 Å². The van der Waals surface area contributed by atoms with Crippen LogP contribution in [-0.4, -0.2) is 9.97 Å². The Bertz CT molecular complexity index is 3180. The van der Waals surface area contributed by atoms with Crippen LogP contribution in [0.25, 0.3) is 84.2 Å². The number of allylic oxidation sites excluding steroid dienone is 3. The molecule has 62 heavy (non-hydrogen) atoms. The average molecular weight is 817 g/mol. The summed E-state index contributed by atoms with van der Waals surface area (Å²) in [6.45, 7) is 2.02. The van der Waals surface area contributed by atoms with Crippen molar-refractivity contribution in [1.29, 1.82) is 0 Å². The van der Waals surface area contributed by atoms with E-state index in [1.165, 1.54) is 0 Å². The zero-order valence-corrected chi connectivity index (χ0v) is 35.0. The van der Waals surface area contributed by atoms with Crippen LogP contribution in [0, 0.1) is 0 Å². The summed E-state index contributed by atoms with van der Waals surface area (Å²) in [6, 6.07) is 69.6. The molecule has 0 N–H and O–H groups in total. The highest BCUT2D eigenvalue weighted by Crippen LogP contribution is 2.44. The average Bonchev–Trinajstić information content (AvgIpc) is 3.72. The number of hydrogen-bond acceptors (Lipinski definition) is 4. The maximum absolute atomic E-state index is 15.1. The van der Waals surface area contributed by atoms with Gasteiger partial charge in [-0.05, 0) is 59.0 Å². The normalized spacial score (nSPS) is 11.9. The second-order valence-corrected chi connectivity index (χ2v) is 18.0. The van der Waals surface area contributed by atoms with Crippen LogP contribution in [0.4, 0.5) is 0 Å². The molecule has 0 aliphatic carbocycles. The first kappa shape index (κ1) is 38.5. The van der Waals surface area contributed by atoms with Crippen LogP contribution in [0.2, 0.25) is 0 Å². The van der Waals surface area contributed by atoms with Crippen molar-refractivity contribution in [2.24, 2.45) is 0 Å². The molecule has 0 saturated heterocycles. The van der Waals surface area contributed by atoms with E-state index >= 15 is 4.57 Å². The van der Waals surface area contributed by atoms with E-state index in [0.29, 0.717) is 5.82 Å². The second kappa shape index (κ2) is 16.8. The van der Waals surface area contributed by atoms with Gasteiger partial charge in [0.25, 0.3) is 0 Å². The van der Waals surface area contributed by atoms with Gasteiger partial charge < -0.3 is 8.98 Å². The van der Waals surface area contributed by atoms with Crippen molar-refractivity contribution in [3.8, 4) is 56.2 Å². The van der Waals surface area contributed by atoms with E-state index in [4.69, 9.17) is 14.4 Å². The second-order valence-electron chi connectivity index (χ2n) is 15.2. The third-order valence-electron chi connectivity index (χ3n) is 11.3. The Morgan fingerprint density at radius 3 is 1.58 bits per heavy atom. The molecule has 0 aliphatic heterocycles. The quantitative estimate of drug-likeness (QED) is 0.102. The fraction of sp³-hybridized carbons (Fsp3) is 0.0175. The smallest absolute Gasteiger partial charge is 0.171 e. The van der Waals surface area contributed by atoms with Crippen molar-refractivity contribution in [2.75, 3.05) is 0 Å². The van der Waals surface area contributed by atoms with Gasteiger partial charge in [-0.3, -0.25) is 0 Å². The highest BCUT2D eigenvalue weighted by atomic mass is 31.2. The van der Waals surface area contributed by atoms with E-state index in [2.05, 4.69) is 84.9 Å². The lowest BCUT2D eigenvalue weighted by Gasteiger charge is -2.20. The lowest BCUT2D eigenvalue weighted by atomic mass is 9.93. The van der Waals surface area contributed by atoms with E-state index in [0.717, 1.165) is 93.7 Å². The van der Waals surface area contributed by atoms with E-state index in [1.807, 2.05) is 153 Å². The van der Waals surface area contributed by atoms with Gasteiger partial charge in [-0.1, -0.05) is 206 Å². The molecule has 0 radical (unpaired) electrons. The number of aromatic nitrogens is 2. The third-order valence-corrected chi connectivity index (χ3v) is 14.4. The summed E-state index contributed by atoms with van der Waals surface area (Å²) in [4.78, 5) is 10.1. The SMILES string of the molecule is C/C=C\C=C/c1cc2oc3cccc(-c4ccc(P(=O)(c5ccccc5)c5ccccc5)cc4)c3c2cc1-c1ccc(-c2cc(-c3ccccc3)nc(-c3ccccc3)n2)cc1. The Hall–Kier alpha value is -7.65. The summed E-state index contributed by atoms with van der Waals surface area (Å²) in [6.07, 6.45) is 8.26. The monoisotopic (exact) mass is 816 g/mol. The van der Waals surface area contributed by atoms with Crippen molar-refractivity contribution < 1.29 is 8.98 Å². The predicted molar refractivity (Wildman–Crippen MR) is 260 cm³/mol. The van der Waals surface area contributed by atoms with Crippen LogP contribution < -0.4 is 15.9 Å².